The first kappa shape index (κ1) is 34.5. The van der Waals surface area contributed by atoms with Gasteiger partial charge in [-0.1, -0.05) is 125 Å². The molecular formula is C40H76. The molecule has 0 heterocycles. The van der Waals surface area contributed by atoms with Crippen LogP contribution in [0.15, 0.2) is 0 Å². The summed E-state index contributed by atoms with van der Waals surface area (Å²) in [5, 5.41) is 0. The lowest BCUT2D eigenvalue weighted by atomic mass is 9.25. The largest absolute Gasteiger partial charge is 0.0596 e. The zero-order valence-electron chi connectivity index (χ0n) is 31.3. The van der Waals surface area contributed by atoms with Gasteiger partial charge in [-0.25, -0.2) is 0 Å². The molecule has 0 heteroatoms. The van der Waals surface area contributed by atoms with Crippen molar-refractivity contribution in [3.05, 3.63) is 0 Å². The maximum atomic E-state index is 2.46. The molecule has 0 amide bonds. The molecule has 7 aliphatic carbocycles. The molecule has 0 spiro atoms. The fourth-order valence-electron chi connectivity index (χ4n) is 10.6. The number of hydrogen-bond donors (Lipinski definition) is 0. The van der Waals surface area contributed by atoms with Gasteiger partial charge in [0.05, 0.1) is 0 Å². The van der Waals surface area contributed by atoms with Gasteiger partial charge in [0, 0.05) is 0 Å². The lowest BCUT2D eigenvalue weighted by molar-refractivity contribution is -0.302. The van der Waals surface area contributed by atoms with E-state index < -0.39 is 0 Å². The molecule has 7 saturated carbocycles. The molecule has 4 bridgehead atoms. The molecule has 0 aromatic carbocycles. The zero-order chi connectivity index (χ0) is 31.3. The molecule has 0 radical (unpaired) electrons. The molecule has 0 N–H and O–H groups in total. The highest BCUT2D eigenvalue weighted by atomic mass is 14.8. The van der Waals surface area contributed by atoms with Crippen LogP contribution in [0.2, 0.25) is 0 Å². The second kappa shape index (κ2) is 9.50. The van der Waals surface area contributed by atoms with Gasteiger partial charge in [0.15, 0.2) is 0 Å². The maximum absolute atomic E-state index is 2.46. The molecule has 236 valence electrons. The van der Waals surface area contributed by atoms with Crippen LogP contribution in [-0.2, 0) is 0 Å². The van der Waals surface area contributed by atoms with Crippen LogP contribution in [0.25, 0.3) is 0 Å². The van der Waals surface area contributed by atoms with Gasteiger partial charge in [-0.2, -0.15) is 0 Å². The predicted molar refractivity (Wildman–Crippen MR) is 180 cm³/mol. The van der Waals surface area contributed by atoms with Gasteiger partial charge in [0.2, 0.25) is 0 Å². The minimum atomic E-state index is 0.491. The number of rotatable bonds is 0. The van der Waals surface area contributed by atoms with Crippen molar-refractivity contribution in [1.29, 1.82) is 0 Å². The standard InChI is InChI=1S/C16H30.C13H24.C11H22/c1-13(2,3)15-7-10-16(11-8-15,12-9-15)14(4,5)6;1-10(2,3)12-7-13(8-12,9-12)11(4,5)6;1-9(2,3)11(7-8-11)10(4,5)6/h7-12H2,1-6H3;7-9H2,1-6H3;7-8H2,1-6H3. The lowest BCUT2D eigenvalue weighted by Gasteiger charge is -2.80. The second-order valence-corrected chi connectivity index (χ2v) is 22.2. The Balaban J connectivity index is 0.000000169. The van der Waals surface area contributed by atoms with Crippen molar-refractivity contribution < 1.29 is 0 Å². The van der Waals surface area contributed by atoms with Gasteiger partial charge in [0.1, 0.15) is 0 Å². The van der Waals surface area contributed by atoms with Crippen LogP contribution < -0.4 is 0 Å². The van der Waals surface area contributed by atoms with Crippen LogP contribution >= 0.6 is 0 Å². The smallest absolute Gasteiger partial charge is 0.0200 e. The number of fused-ring (bicyclic) bond motifs is 3. The maximum Gasteiger partial charge on any atom is -0.0200 e. The van der Waals surface area contributed by atoms with Gasteiger partial charge >= 0.3 is 0 Å². The monoisotopic (exact) mass is 557 g/mol. The van der Waals surface area contributed by atoms with E-state index in [2.05, 4.69) is 125 Å². The Morgan fingerprint density at radius 2 is 0.450 bits per heavy atom. The Bertz CT molecular complexity index is 780. The topological polar surface area (TPSA) is 0 Å². The van der Waals surface area contributed by atoms with Crippen LogP contribution in [0.4, 0.5) is 0 Å². The predicted octanol–water partition coefficient (Wildman–Crippen LogP) is 13.5. The summed E-state index contributed by atoms with van der Waals surface area (Å²) < 4.78 is 0. The van der Waals surface area contributed by atoms with E-state index in [1.807, 2.05) is 0 Å². The van der Waals surface area contributed by atoms with E-state index in [0.29, 0.717) is 48.7 Å². The second-order valence-electron chi connectivity index (χ2n) is 22.2. The average Bonchev–Trinajstić information content (AvgIpc) is 3.46. The summed E-state index contributed by atoms with van der Waals surface area (Å²) in [5.74, 6) is 0. The Morgan fingerprint density at radius 3 is 0.550 bits per heavy atom. The van der Waals surface area contributed by atoms with E-state index in [1.54, 1.807) is 0 Å². The molecule has 0 nitrogen and oxygen atoms in total. The first-order chi connectivity index (χ1) is 17.4. The van der Waals surface area contributed by atoms with Crippen molar-refractivity contribution in [3.8, 4) is 0 Å². The molecule has 0 aromatic heterocycles. The van der Waals surface area contributed by atoms with Crippen molar-refractivity contribution >= 4 is 0 Å². The molecule has 7 rings (SSSR count). The van der Waals surface area contributed by atoms with Crippen LogP contribution in [0, 0.1) is 59.6 Å². The highest BCUT2D eigenvalue weighted by Gasteiger charge is 2.74. The van der Waals surface area contributed by atoms with Crippen molar-refractivity contribution in [2.24, 2.45) is 59.6 Å². The SMILES string of the molecule is CC(C)(C)C1(C(C)(C)C)CC1.CC(C)(C)C12CC(C(C)(C)C)(C1)C2.CC(C)(C)C12CCC(C(C)(C)C)(CC1)CC2. The first-order valence-corrected chi connectivity index (χ1v) is 17.4. The van der Waals surface area contributed by atoms with Crippen LogP contribution in [0.3, 0.4) is 0 Å². The summed E-state index contributed by atoms with van der Waals surface area (Å²) in [6.07, 6.45) is 16.2. The Kier molecular flexibility index (Phi) is 8.19. The molecule has 7 fully saturated rings. The molecular weight excluding hydrogens is 480 g/mol. The third-order valence-electron chi connectivity index (χ3n) is 15.3. The molecule has 7 aliphatic rings. The van der Waals surface area contributed by atoms with Crippen LogP contribution in [-0.4, -0.2) is 0 Å². The molecule has 0 unspecified atom stereocenters. The number of hydrogen-bond acceptors (Lipinski definition) is 0. The lowest BCUT2D eigenvalue weighted by Crippen LogP contribution is -2.71. The summed E-state index contributed by atoms with van der Waals surface area (Å²) in [6.45, 7) is 43.5. The van der Waals surface area contributed by atoms with Crippen molar-refractivity contribution in [3.63, 3.8) is 0 Å². The molecule has 0 aromatic rings. The van der Waals surface area contributed by atoms with E-state index in [9.17, 15) is 0 Å². The molecule has 40 heavy (non-hydrogen) atoms. The zero-order valence-corrected chi connectivity index (χ0v) is 31.3. The van der Waals surface area contributed by atoms with E-state index >= 15 is 0 Å². The van der Waals surface area contributed by atoms with Gasteiger partial charge < -0.3 is 0 Å². The average molecular weight is 557 g/mol. The summed E-state index contributed by atoms with van der Waals surface area (Å²) >= 11 is 0. The Morgan fingerprint density at radius 1 is 0.250 bits per heavy atom. The Labute approximate surface area is 254 Å². The molecule has 0 saturated heterocycles. The summed E-state index contributed by atoms with van der Waals surface area (Å²) in [4.78, 5) is 0. The normalized spacial score (nSPS) is 36.8. The van der Waals surface area contributed by atoms with E-state index in [1.165, 1.54) is 70.6 Å². The highest BCUT2D eigenvalue weighted by Crippen LogP contribution is 2.83. The minimum Gasteiger partial charge on any atom is -0.0596 e. The van der Waals surface area contributed by atoms with Crippen molar-refractivity contribution in [1.82, 2.24) is 0 Å². The van der Waals surface area contributed by atoms with Gasteiger partial charge in [-0.05, 0) is 130 Å². The third kappa shape index (κ3) is 5.42. The fraction of sp³-hybridized carbons (Fsp3) is 1.00. The van der Waals surface area contributed by atoms with E-state index in [4.69, 9.17) is 0 Å². The van der Waals surface area contributed by atoms with E-state index in [-0.39, 0.29) is 0 Å². The summed E-state index contributed by atoms with van der Waals surface area (Å²) in [6, 6.07) is 0. The molecule has 0 atom stereocenters. The first-order valence-electron chi connectivity index (χ1n) is 17.4. The van der Waals surface area contributed by atoms with Gasteiger partial charge in [-0.15, -0.1) is 0 Å². The van der Waals surface area contributed by atoms with E-state index in [0.717, 1.165) is 10.8 Å². The van der Waals surface area contributed by atoms with Gasteiger partial charge in [0.25, 0.3) is 0 Å². The quantitative estimate of drug-likeness (QED) is 0.278. The van der Waals surface area contributed by atoms with Crippen LogP contribution in [0.5, 0.6) is 0 Å². The third-order valence-corrected chi connectivity index (χ3v) is 15.3. The Hall–Kier alpha value is 0. The molecule has 0 aliphatic heterocycles. The summed E-state index contributed by atoms with van der Waals surface area (Å²) in [5.41, 5.74) is 6.49. The minimum absolute atomic E-state index is 0.491. The van der Waals surface area contributed by atoms with Gasteiger partial charge in [-0.3, -0.25) is 0 Å². The van der Waals surface area contributed by atoms with Crippen molar-refractivity contribution in [2.75, 3.05) is 0 Å². The summed E-state index contributed by atoms with van der Waals surface area (Å²) in [7, 11) is 0. The fourth-order valence-corrected chi connectivity index (χ4v) is 10.6. The van der Waals surface area contributed by atoms with Crippen molar-refractivity contribution in [2.45, 2.75) is 195 Å². The highest BCUT2D eigenvalue weighted by molar-refractivity contribution is 5.23. The van der Waals surface area contributed by atoms with Crippen LogP contribution in [0.1, 0.15) is 195 Å².